The minimum Gasteiger partial charge on any atom is -0.281 e. The Morgan fingerprint density at radius 2 is 0.524 bits per heavy atom. The summed E-state index contributed by atoms with van der Waals surface area (Å²) in [6, 6.07) is 0. The van der Waals surface area contributed by atoms with Gasteiger partial charge in [0.15, 0.2) is 0 Å². The Morgan fingerprint density at radius 1 is 0.357 bits per heavy atom. The van der Waals surface area contributed by atoms with Gasteiger partial charge in [-0.05, 0) is 0 Å². The van der Waals surface area contributed by atoms with Gasteiger partial charge in [0, 0.05) is 17.4 Å². The van der Waals surface area contributed by atoms with Gasteiger partial charge in [0.25, 0.3) is 27.2 Å². The predicted octanol–water partition coefficient (Wildman–Crippen LogP) is 9.12. The molecule has 9 saturated carbocycles. The summed E-state index contributed by atoms with van der Waals surface area (Å²) >= 11 is -1.78. The molecular formula is C36H52Cr2O4. The largest absolute Gasteiger partial charge is 0.281 e. The molecule has 9 aliphatic carbocycles. The van der Waals surface area contributed by atoms with Gasteiger partial charge in [-0.3, -0.25) is 19.2 Å². The van der Waals surface area contributed by atoms with Gasteiger partial charge in [0.05, 0.1) is 0 Å². The van der Waals surface area contributed by atoms with Crippen molar-refractivity contribution in [3.05, 3.63) is 0 Å². The molecule has 0 unspecified atom stereocenters. The van der Waals surface area contributed by atoms with Crippen LogP contribution in [-0.4, -0.2) is 27.2 Å². The van der Waals surface area contributed by atoms with E-state index in [0.717, 1.165) is 17.1 Å². The van der Waals surface area contributed by atoms with E-state index < -0.39 is 13.1 Å². The molecule has 232 valence electrons. The predicted molar refractivity (Wildman–Crippen MR) is 158 cm³/mol. The molecule has 0 N–H and O–H groups in total. The Bertz CT molecular complexity index is 705. The Labute approximate surface area is 270 Å². The summed E-state index contributed by atoms with van der Waals surface area (Å²) in [5.41, 5.74) is 0. The Kier molecular flexibility index (Phi) is 12.8. The Hall–Kier alpha value is -0.255. The van der Waals surface area contributed by atoms with Gasteiger partial charge in [0.2, 0.25) is 0 Å². The third-order valence-electron chi connectivity index (χ3n) is 14.3. The summed E-state index contributed by atoms with van der Waals surface area (Å²) < 4.78 is 3.77. The van der Waals surface area contributed by atoms with Crippen LogP contribution < -0.4 is 0 Å². The molecule has 0 saturated heterocycles. The molecule has 6 heteroatoms. The van der Waals surface area contributed by atoms with Crippen molar-refractivity contribution >= 4 is 27.2 Å². The zero-order valence-corrected chi connectivity index (χ0v) is 28.3. The van der Waals surface area contributed by atoms with Crippen LogP contribution in [0.5, 0.6) is 0 Å². The van der Waals surface area contributed by atoms with Crippen LogP contribution in [0.4, 0.5) is 0 Å². The summed E-state index contributed by atoms with van der Waals surface area (Å²) in [4.78, 5) is 30.0. The minimum atomic E-state index is -1.78. The molecule has 9 fully saturated rings. The molecule has 9 rings (SSSR count). The number of hydrogen-bond acceptors (Lipinski definition) is 4. The van der Waals surface area contributed by atoms with Gasteiger partial charge in [-0.2, -0.15) is 0 Å². The molecule has 0 aliphatic heterocycles. The molecule has 0 aromatic heterocycles. The van der Waals surface area contributed by atoms with Gasteiger partial charge < -0.3 is 0 Å². The monoisotopic (exact) mass is 652 g/mol. The van der Waals surface area contributed by atoms with E-state index in [2.05, 4.69) is 27.2 Å². The summed E-state index contributed by atoms with van der Waals surface area (Å²) in [7, 11) is 0. The van der Waals surface area contributed by atoms with E-state index >= 15 is 0 Å². The molecule has 0 spiro atoms. The van der Waals surface area contributed by atoms with Crippen molar-refractivity contribution in [1.82, 2.24) is 0 Å². The van der Waals surface area contributed by atoms with Crippen molar-refractivity contribution in [2.75, 3.05) is 0 Å². The third-order valence-corrected chi connectivity index (χ3v) is 26.0. The van der Waals surface area contributed by atoms with Gasteiger partial charge in [-0.25, -0.2) is 0 Å². The fourth-order valence-corrected chi connectivity index (χ4v) is 30.2. The van der Waals surface area contributed by atoms with E-state index in [1.165, 1.54) is 49.4 Å². The maximum absolute atomic E-state index is 7.50. The second-order valence-electron chi connectivity index (χ2n) is 15.3. The van der Waals surface area contributed by atoms with Crippen molar-refractivity contribution in [2.45, 2.75) is 171 Å². The van der Waals surface area contributed by atoms with Crippen molar-refractivity contribution in [1.29, 1.82) is 0 Å². The molecule has 0 amide bonds. The van der Waals surface area contributed by atoms with Gasteiger partial charge in [-0.1, -0.05) is 25.7 Å². The first kappa shape index (κ1) is 36.2. The van der Waals surface area contributed by atoms with E-state index in [1.54, 1.807) is 128 Å². The quantitative estimate of drug-likeness (QED) is 0.304. The fourth-order valence-electron chi connectivity index (χ4n) is 13.3. The smallest absolute Gasteiger partial charge is 0.281 e. The molecule has 0 heterocycles. The van der Waals surface area contributed by atoms with Crippen molar-refractivity contribution in [3.63, 3.8) is 0 Å². The van der Waals surface area contributed by atoms with E-state index in [4.69, 9.17) is 19.2 Å². The fraction of sp³-hybridized carbons (Fsp3) is 0.889. The van der Waals surface area contributed by atoms with Crippen LogP contribution >= 0.6 is 0 Å². The van der Waals surface area contributed by atoms with E-state index in [1.807, 2.05) is 0 Å². The number of fused-ring (bicyclic) bond motifs is 8. The van der Waals surface area contributed by atoms with E-state index in [0.29, 0.717) is 0 Å². The molecule has 9 aliphatic rings. The molecule has 0 atom stereocenters. The number of carbonyl (C=O) groups excluding carboxylic acids is 4. The molecule has 0 aromatic carbocycles. The first-order valence-electron chi connectivity index (χ1n) is 16.8. The first-order valence-corrected chi connectivity index (χ1v) is 19.3. The van der Waals surface area contributed by atoms with Crippen LogP contribution in [0.2, 0.25) is 17.1 Å². The minimum absolute atomic E-state index is 0. The Balaban J connectivity index is 0.000000327. The Morgan fingerprint density at radius 3 is 0.619 bits per heavy atom. The first-order chi connectivity index (χ1) is 20.1. The summed E-state index contributed by atoms with van der Waals surface area (Å²) in [6.45, 7) is 18.0. The molecule has 0 aromatic rings. The van der Waals surface area contributed by atoms with Crippen molar-refractivity contribution in [2.24, 2.45) is 23.7 Å². The van der Waals surface area contributed by atoms with Crippen LogP contribution in [0, 0.1) is 23.7 Å². The molecular weight excluding hydrogens is 600 g/mol. The topological polar surface area (TPSA) is 68.3 Å². The van der Waals surface area contributed by atoms with Crippen molar-refractivity contribution in [3.8, 4) is 0 Å². The summed E-state index contributed by atoms with van der Waals surface area (Å²) in [6.07, 6.45) is 40.3. The second kappa shape index (κ2) is 14.9. The van der Waals surface area contributed by atoms with Crippen molar-refractivity contribution < 1.29 is 49.6 Å². The molecule has 8 radical (unpaired) electrons. The van der Waals surface area contributed by atoms with Crippen LogP contribution in [0.1, 0.15) is 154 Å². The summed E-state index contributed by atoms with van der Waals surface area (Å²) in [5.74, 6) is 4.69. The van der Waals surface area contributed by atoms with Gasteiger partial charge >= 0.3 is 182 Å². The third kappa shape index (κ3) is 5.14. The van der Waals surface area contributed by atoms with Gasteiger partial charge in [0.1, 0.15) is 0 Å². The SMILES string of the molecule is C1CCC1.C1C[C]2([Cr]([C]34CCC(CC3)C4)([C]34CCC(CC3)C4)[C]34CCC(CC3)C4)CCC1C2.[C]=O.[C]=O.[C]=O.[C]=O.[Cr]. The van der Waals surface area contributed by atoms with Crippen LogP contribution in [0.3, 0.4) is 0 Å². The zero-order chi connectivity index (χ0) is 29.8. The normalized spacial score (nSPS) is 45.7. The van der Waals surface area contributed by atoms with Gasteiger partial charge in [-0.15, -0.1) is 0 Å². The number of rotatable bonds is 4. The maximum Gasteiger partial charge on any atom is 0.281 e. The molecule has 42 heavy (non-hydrogen) atoms. The average molecular weight is 653 g/mol. The van der Waals surface area contributed by atoms with E-state index in [9.17, 15) is 0 Å². The summed E-state index contributed by atoms with van der Waals surface area (Å²) in [5, 5.41) is 0. The standard InChI is InChI=1S/4C7H11.C4H8.4CO.2Cr/c4*1-2-7-4-3-6(1)5-7;1-2-4-3-1;4*1-2;;/h4*6H,1-5H2;1-4H2;;;;;;. The maximum atomic E-state index is 7.50. The second-order valence-corrected chi connectivity index (χ2v) is 22.7. The van der Waals surface area contributed by atoms with Crippen LogP contribution in [0.25, 0.3) is 0 Å². The van der Waals surface area contributed by atoms with Crippen LogP contribution in [-0.2, 0) is 49.6 Å². The molecule has 4 nitrogen and oxygen atoms in total. The average Bonchev–Trinajstić information content (AvgIpc) is 3.87. The van der Waals surface area contributed by atoms with Crippen LogP contribution in [0.15, 0.2) is 0 Å². The molecule has 8 bridgehead atoms. The zero-order valence-electron chi connectivity index (χ0n) is 25.7. The number of hydrogen-bond donors (Lipinski definition) is 0. The van der Waals surface area contributed by atoms with E-state index in [-0.39, 0.29) is 17.4 Å².